The first kappa shape index (κ1) is 8.49. The highest BCUT2D eigenvalue weighted by Crippen LogP contribution is 1.84. The predicted octanol–water partition coefficient (Wildman–Crippen LogP) is -2.10. The van der Waals surface area contributed by atoms with Crippen LogP contribution in [0.5, 0.6) is 0 Å². The Morgan fingerprint density at radius 3 is 2.54 bits per heavy atom. The lowest BCUT2D eigenvalue weighted by atomic mass is 9.80. The van der Waals surface area contributed by atoms with Gasteiger partial charge in [-0.3, -0.25) is 0 Å². The summed E-state index contributed by atoms with van der Waals surface area (Å²) in [5.41, 5.74) is 0.391. The third kappa shape index (κ3) is 1.51. The number of hydrogen-bond donors (Lipinski definition) is 2. The van der Waals surface area contributed by atoms with Gasteiger partial charge in [0.2, 0.25) is 5.11 Å². The quantitative estimate of drug-likeness (QED) is 0.396. The monoisotopic (exact) mass is 192 g/mol. The van der Waals surface area contributed by atoms with Crippen LogP contribution in [-0.4, -0.2) is 22.3 Å². The highest BCUT2D eigenvalue weighted by molar-refractivity contribution is 7.80. The van der Waals surface area contributed by atoms with E-state index in [1.165, 1.54) is 0 Å². The number of fused-ring (bicyclic) bond motifs is 1. The molecule has 0 saturated carbocycles. The van der Waals surface area contributed by atoms with Gasteiger partial charge in [-0.15, -0.1) is 0 Å². The minimum Gasteiger partial charge on any atom is -0.423 e. The average Bonchev–Trinajstić information content (AvgIpc) is 2.42. The molecule has 2 N–H and O–H groups in total. The van der Waals surface area contributed by atoms with Crippen LogP contribution >= 0.6 is 12.2 Å². The number of benzene rings is 1. The van der Waals surface area contributed by atoms with Crippen molar-refractivity contribution in [1.29, 1.82) is 0 Å². The van der Waals surface area contributed by atoms with Gasteiger partial charge in [0.25, 0.3) is 0 Å². The maximum atomic E-state index is 8.87. The molecule has 0 bridgehead atoms. The van der Waals surface area contributed by atoms with Crippen LogP contribution in [0.25, 0.3) is 0 Å². The first-order chi connectivity index (χ1) is 6.16. The third-order valence-electron chi connectivity index (χ3n) is 1.73. The molecule has 0 atom stereocenters. The molecule has 0 aliphatic carbocycles. The van der Waals surface area contributed by atoms with Crippen molar-refractivity contribution in [3.8, 4) is 0 Å². The molecule has 1 aromatic rings. The van der Waals surface area contributed by atoms with Gasteiger partial charge in [0.15, 0.2) is 0 Å². The molecule has 1 aromatic carbocycles. The Hall–Kier alpha value is -1.11. The van der Waals surface area contributed by atoms with E-state index in [9.17, 15) is 0 Å². The zero-order chi connectivity index (χ0) is 9.42. The second-order valence-corrected chi connectivity index (χ2v) is 2.99. The minimum atomic E-state index is -1.48. The van der Waals surface area contributed by atoms with Gasteiger partial charge in [-0.25, -0.2) is 9.98 Å². The molecule has 2 rings (SSSR count). The molecule has 1 aliphatic heterocycles. The Labute approximate surface area is 79.4 Å². The van der Waals surface area contributed by atoms with Gasteiger partial charge in [-0.1, -0.05) is 6.07 Å². The molecule has 0 radical (unpaired) electrons. The average molecular weight is 192 g/mol. The molecule has 0 amide bonds. The van der Waals surface area contributed by atoms with Crippen LogP contribution in [-0.2, 0) is 0 Å². The number of nitrogens with zero attached hydrogens (tertiary/aromatic N) is 2. The molecule has 13 heavy (non-hydrogen) atoms. The van der Waals surface area contributed by atoms with Crippen LogP contribution in [0, 0.1) is 0 Å². The molecule has 4 nitrogen and oxygen atoms in total. The summed E-state index contributed by atoms with van der Waals surface area (Å²) in [6, 6.07) is 4.80. The topological polar surface area (TPSA) is 65.2 Å². The van der Waals surface area contributed by atoms with E-state index in [-0.39, 0.29) is 5.11 Å². The van der Waals surface area contributed by atoms with Crippen LogP contribution in [0.15, 0.2) is 28.2 Å². The zero-order valence-corrected chi connectivity index (χ0v) is 7.32. The summed E-state index contributed by atoms with van der Waals surface area (Å²) in [5, 5.41) is 19.3. The lowest BCUT2D eigenvalue weighted by molar-refractivity contribution is 0.425. The van der Waals surface area contributed by atoms with Crippen molar-refractivity contribution in [2.24, 2.45) is 9.98 Å². The molecule has 0 saturated heterocycles. The predicted molar refractivity (Wildman–Crippen MR) is 51.2 cm³/mol. The standard InChI is InChI=1S/C7H5BN2O2S/c11-8(12)4-1-2-5-6(3-4)10-7(13)9-5/h1-3,11-12H. The van der Waals surface area contributed by atoms with E-state index in [4.69, 9.17) is 22.3 Å². The second-order valence-electron chi connectivity index (χ2n) is 2.63. The Morgan fingerprint density at radius 2 is 1.85 bits per heavy atom. The SMILES string of the molecule is OB(O)c1ccc2c(c1)=NC(=S)N=2. The summed E-state index contributed by atoms with van der Waals surface area (Å²) in [5.74, 6) is 0. The summed E-state index contributed by atoms with van der Waals surface area (Å²) in [4.78, 5) is 7.89. The maximum absolute atomic E-state index is 8.87. The fourth-order valence-corrected chi connectivity index (χ4v) is 1.31. The van der Waals surface area contributed by atoms with Crippen molar-refractivity contribution in [3.05, 3.63) is 28.9 Å². The first-order valence-electron chi connectivity index (χ1n) is 3.64. The van der Waals surface area contributed by atoms with Crippen LogP contribution in [0.4, 0.5) is 0 Å². The van der Waals surface area contributed by atoms with Crippen LogP contribution in [0.3, 0.4) is 0 Å². The van der Waals surface area contributed by atoms with Crippen molar-refractivity contribution in [1.82, 2.24) is 0 Å². The third-order valence-corrected chi connectivity index (χ3v) is 1.91. The molecular formula is C7H5BN2O2S. The van der Waals surface area contributed by atoms with Crippen molar-refractivity contribution in [2.45, 2.75) is 0 Å². The molecule has 64 valence electrons. The maximum Gasteiger partial charge on any atom is 0.488 e. The molecular weight excluding hydrogens is 187 g/mol. The first-order valence-corrected chi connectivity index (χ1v) is 4.05. The highest BCUT2D eigenvalue weighted by Gasteiger charge is 2.11. The van der Waals surface area contributed by atoms with E-state index in [2.05, 4.69) is 9.98 Å². The normalized spacial score (nSPS) is 13.2. The van der Waals surface area contributed by atoms with Crippen molar-refractivity contribution in [3.63, 3.8) is 0 Å². The van der Waals surface area contributed by atoms with Gasteiger partial charge in [0.05, 0.1) is 10.7 Å². The largest absolute Gasteiger partial charge is 0.488 e. The fraction of sp³-hybridized carbons (Fsp3) is 0. The number of rotatable bonds is 1. The van der Waals surface area contributed by atoms with Gasteiger partial charge in [-0.2, -0.15) is 0 Å². The molecule has 0 fully saturated rings. The smallest absolute Gasteiger partial charge is 0.423 e. The summed E-state index contributed by atoms with van der Waals surface area (Å²) in [6.07, 6.45) is 0. The van der Waals surface area contributed by atoms with Gasteiger partial charge < -0.3 is 10.0 Å². The summed E-state index contributed by atoms with van der Waals surface area (Å²) < 4.78 is 0. The van der Waals surface area contributed by atoms with E-state index in [0.29, 0.717) is 16.2 Å². The lowest BCUT2D eigenvalue weighted by Gasteiger charge is -1.95. The van der Waals surface area contributed by atoms with E-state index in [1.54, 1.807) is 18.2 Å². The highest BCUT2D eigenvalue weighted by atomic mass is 32.1. The lowest BCUT2D eigenvalue weighted by Crippen LogP contribution is -2.36. The van der Waals surface area contributed by atoms with Gasteiger partial charge in [0.1, 0.15) is 0 Å². The molecule has 0 aromatic heterocycles. The molecule has 0 spiro atoms. The van der Waals surface area contributed by atoms with E-state index < -0.39 is 7.12 Å². The fourth-order valence-electron chi connectivity index (χ4n) is 1.12. The van der Waals surface area contributed by atoms with Gasteiger partial charge in [-0.05, 0) is 29.8 Å². The van der Waals surface area contributed by atoms with Crippen LogP contribution in [0.2, 0.25) is 0 Å². The molecule has 1 heterocycles. The van der Waals surface area contributed by atoms with Crippen molar-refractivity contribution in [2.75, 3.05) is 0 Å². The van der Waals surface area contributed by atoms with Crippen LogP contribution < -0.4 is 16.2 Å². The van der Waals surface area contributed by atoms with Gasteiger partial charge >= 0.3 is 7.12 Å². The molecule has 1 aliphatic rings. The summed E-state index contributed by atoms with van der Waals surface area (Å²) in [6.45, 7) is 0. The second kappa shape index (κ2) is 2.99. The summed E-state index contributed by atoms with van der Waals surface area (Å²) >= 11 is 4.77. The zero-order valence-electron chi connectivity index (χ0n) is 6.51. The van der Waals surface area contributed by atoms with E-state index >= 15 is 0 Å². The minimum absolute atomic E-state index is 0.277. The van der Waals surface area contributed by atoms with Gasteiger partial charge in [0, 0.05) is 0 Å². The molecule has 0 unspecified atom stereocenters. The Kier molecular flexibility index (Phi) is 1.95. The Bertz CT molecular complexity index is 486. The number of thiocarbonyl (C=S) groups is 1. The summed E-state index contributed by atoms with van der Waals surface area (Å²) in [7, 11) is -1.48. The van der Waals surface area contributed by atoms with Crippen molar-refractivity contribution >= 4 is 29.9 Å². The van der Waals surface area contributed by atoms with Crippen molar-refractivity contribution < 1.29 is 10.0 Å². The van der Waals surface area contributed by atoms with E-state index in [1.807, 2.05) is 0 Å². The Balaban J connectivity index is 2.66. The van der Waals surface area contributed by atoms with E-state index in [0.717, 1.165) is 0 Å². The number of hydrogen-bond acceptors (Lipinski definition) is 3. The Morgan fingerprint density at radius 1 is 1.15 bits per heavy atom. The molecule has 6 heteroatoms. The van der Waals surface area contributed by atoms with Crippen LogP contribution in [0.1, 0.15) is 0 Å².